The van der Waals surface area contributed by atoms with Crippen molar-refractivity contribution in [1.29, 1.82) is 0 Å². The van der Waals surface area contributed by atoms with Crippen LogP contribution in [0.2, 0.25) is 0 Å². The number of nitrogens with zero attached hydrogens (tertiary/aromatic N) is 5. The van der Waals surface area contributed by atoms with E-state index in [1.54, 1.807) is 24.4 Å². The number of amidine groups is 1. The molecule has 0 fully saturated rings. The third-order valence-corrected chi connectivity index (χ3v) is 5.62. The summed E-state index contributed by atoms with van der Waals surface area (Å²) in [5.74, 6) is 0.0887. The van der Waals surface area contributed by atoms with E-state index in [0.29, 0.717) is 22.2 Å². The second kappa shape index (κ2) is 7.54. The normalized spacial score (nSPS) is 15.0. The van der Waals surface area contributed by atoms with E-state index in [9.17, 15) is 14.9 Å². The number of hydrogen-bond acceptors (Lipinski definition) is 7. The monoisotopic (exact) mass is 427 g/mol. The maximum atomic E-state index is 13.3. The largest absolute Gasteiger partial charge is 0.284 e. The third kappa shape index (κ3) is 3.47. The number of carbonyl (C=O) groups excluding carboxylic acids is 1. The summed E-state index contributed by atoms with van der Waals surface area (Å²) in [7, 11) is 0. The van der Waals surface area contributed by atoms with Gasteiger partial charge in [-0.2, -0.15) is 4.98 Å². The number of nitro groups is 1. The number of rotatable bonds is 4. The average Bonchev–Trinajstić information content (AvgIpc) is 3.35. The second-order valence-electron chi connectivity index (χ2n) is 6.65. The smallest absolute Gasteiger partial charge is 0.266 e. The van der Waals surface area contributed by atoms with Gasteiger partial charge in [-0.15, -0.1) is 0 Å². The van der Waals surface area contributed by atoms with Crippen LogP contribution in [0.3, 0.4) is 0 Å². The molecule has 2 aromatic carbocycles. The van der Waals surface area contributed by atoms with E-state index in [0.717, 1.165) is 10.3 Å². The zero-order valence-corrected chi connectivity index (χ0v) is 16.7. The van der Waals surface area contributed by atoms with Gasteiger partial charge in [-0.3, -0.25) is 14.9 Å². The molecule has 0 atom stereocenters. The van der Waals surface area contributed by atoms with E-state index in [2.05, 4.69) is 15.0 Å². The molecule has 150 valence electrons. The SMILES string of the molecule is O=C1C(=Cc2cccc([N+](=O)[O-])c2)N=C(c2ccccc2)N1c1nc2ncccc2s1. The lowest BCUT2D eigenvalue weighted by molar-refractivity contribution is -0.384. The molecule has 0 spiro atoms. The fourth-order valence-corrected chi connectivity index (χ4v) is 4.14. The van der Waals surface area contributed by atoms with E-state index in [1.165, 1.54) is 28.4 Å². The first-order valence-electron chi connectivity index (χ1n) is 9.26. The number of non-ortho nitro benzene ring substituents is 1. The Morgan fingerprint density at radius 3 is 2.65 bits per heavy atom. The van der Waals surface area contributed by atoms with Crippen molar-refractivity contribution in [3.63, 3.8) is 0 Å². The summed E-state index contributed by atoms with van der Waals surface area (Å²) in [6, 6.07) is 19.1. The fraction of sp³-hybridized carbons (Fsp3) is 0. The highest BCUT2D eigenvalue weighted by Crippen LogP contribution is 2.33. The lowest BCUT2D eigenvalue weighted by Gasteiger charge is -2.14. The molecule has 1 aliphatic heterocycles. The number of nitro benzene ring substituents is 1. The highest BCUT2D eigenvalue weighted by Gasteiger charge is 2.34. The van der Waals surface area contributed by atoms with Gasteiger partial charge in [0.2, 0.25) is 5.13 Å². The van der Waals surface area contributed by atoms with Crippen LogP contribution in [-0.2, 0) is 4.79 Å². The Hall–Kier alpha value is -4.24. The average molecular weight is 427 g/mol. The quantitative estimate of drug-likeness (QED) is 0.272. The predicted molar refractivity (Wildman–Crippen MR) is 119 cm³/mol. The highest BCUT2D eigenvalue weighted by atomic mass is 32.1. The van der Waals surface area contributed by atoms with Gasteiger partial charge in [-0.25, -0.2) is 14.9 Å². The first-order chi connectivity index (χ1) is 15.1. The van der Waals surface area contributed by atoms with Crippen LogP contribution in [-0.4, -0.2) is 26.6 Å². The number of carbonyl (C=O) groups is 1. The van der Waals surface area contributed by atoms with E-state index in [4.69, 9.17) is 0 Å². The van der Waals surface area contributed by atoms with Crippen molar-refractivity contribution in [2.24, 2.45) is 4.99 Å². The van der Waals surface area contributed by atoms with Crippen molar-refractivity contribution >= 4 is 50.3 Å². The molecule has 31 heavy (non-hydrogen) atoms. The van der Waals surface area contributed by atoms with E-state index >= 15 is 0 Å². The second-order valence-corrected chi connectivity index (χ2v) is 7.65. The summed E-state index contributed by atoms with van der Waals surface area (Å²) in [6.45, 7) is 0. The zero-order chi connectivity index (χ0) is 21.4. The first-order valence-corrected chi connectivity index (χ1v) is 10.1. The van der Waals surface area contributed by atoms with Crippen LogP contribution in [0.15, 0.2) is 83.6 Å². The minimum atomic E-state index is -0.475. The van der Waals surface area contributed by atoms with Crippen LogP contribution in [0.25, 0.3) is 16.4 Å². The minimum absolute atomic E-state index is 0.0545. The standard InChI is InChI=1S/C22H13N5O3S/c28-21-17(13-14-6-4-9-16(12-14)27(29)30)24-20(15-7-2-1-3-8-15)26(21)22-25-19-18(31-22)10-5-11-23-19/h1-13H. The zero-order valence-electron chi connectivity index (χ0n) is 15.9. The number of thiazole rings is 1. The van der Waals surface area contributed by atoms with Crippen molar-refractivity contribution < 1.29 is 9.72 Å². The maximum Gasteiger partial charge on any atom is 0.284 e. The van der Waals surface area contributed by atoms with E-state index in [1.807, 2.05) is 42.5 Å². The summed E-state index contributed by atoms with van der Waals surface area (Å²) in [6.07, 6.45) is 3.20. The molecule has 1 amide bonds. The van der Waals surface area contributed by atoms with Gasteiger partial charge < -0.3 is 0 Å². The Bertz CT molecular complexity index is 1360. The van der Waals surface area contributed by atoms with Gasteiger partial charge in [-0.1, -0.05) is 53.8 Å². The molecule has 0 N–H and O–H groups in total. The molecular weight excluding hydrogens is 414 g/mol. The molecule has 0 saturated heterocycles. The molecule has 0 saturated carbocycles. The number of amides is 1. The van der Waals surface area contributed by atoms with Crippen molar-refractivity contribution in [2.45, 2.75) is 0 Å². The Kier molecular flexibility index (Phi) is 4.57. The van der Waals surface area contributed by atoms with Crippen molar-refractivity contribution in [1.82, 2.24) is 9.97 Å². The maximum absolute atomic E-state index is 13.3. The molecule has 1 aliphatic rings. The summed E-state index contributed by atoms with van der Waals surface area (Å²) in [5.41, 5.74) is 1.94. The molecular formula is C22H13N5O3S. The van der Waals surface area contributed by atoms with Gasteiger partial charge in [0.1, 0.15) is 11.5 Å². The number of hydrogen-bond donors (Lipinski definition) is 0. The van der Waals surface area contributed by atoms with Crippen LogP contribution in [0, 0.1) is 10.1 Å². The van der Waals surface area contributed by atoms with Crippen LogP contribution in [0.4, 0.5) is 10.8 Å². The lowest BCUT2D eigenvalue weighted by atomic mass is 10.1. The molecule has 0 bridgehead atoms. The first kappa shape index (κ1) is 18.8. The fourth-order valence-electron chi connectivity index (χ4n) is 3.21. The number of fused-ring (bicyclic) bond motifs is 1. The van der Waals surface area contributed by atoms with Crippen LogP contribution in [0.1, 0.15) is 11.1 Å². The van der Waals surface area contributed by atoms with Gasteiger partial charge in [0.05, 0.1) is 9.62 Å². The Morgan fingerprint density at radius 1 is 1.03 bits per heavy atom. The molecule has 8 nitrogen and oxygen atoms in total. The number of aliphatic imine (C=N–C) groups is 1. The third-order valence-electron chi connectivity index (χ3n) is 4.62. The molecule has 0 radical (unpaired) electrons. The van der Waals surface area contributed by atoms with Gasteiger partial charge in [-0.05, 0) is 23.8 Å². The predicted octanol–water partition coefficient (Wildman–Crippen LogP) is 4.43. The van der Waals surface area contributed by atoms with Crippen LogP contribution in [0.5, 0.6) is 0 Å². The summed E-state index contributed by atoms with van der Waals surface area (Å²) in [4.78, 5) is 38.8. The number of benzene rings is 2. The van der Waals surface area contributed by atoms with Gasteiger partial charge >= 0.3 is 0 Å². The summed E-state index contributed by atoms with van der Waals surface area (Å²) >= 11 is 1.35. The van der Waals surface area contributed by atoms with Crippen molar-refractivity contribution in [2.75, 3.05) is 4.90 Å². The molecule has 5 rings (SSSR count). The number of aromatic nitrogens is 2. The summed E-state index contributed by atoms with van der Waals surface area (Å²) in [5, 5.41) is 11.5. The van der Waals surface area contributed by atoms with Crippen LogP contribution >= 0.6 is 11.3 Å². The lowest BCUT2D eigenvalue weighted by Crippen LogP contribution is -2.32. The Labute approximate surface area is 180 Å². The Morgan fingerprint density at radius 2 is 1.87 bits per heavy atom. The van der Waals surface area contributed by atoms with Gasteiger partial charge in [0.15, 0.2) is 5.65 Å². The topological polar surface area (TPSA) is 102 Å². The number of anilines is 1. The van der Waals surface area contributed by atoms with E-state index in [-0.39, 0.29) is 17.3 Å². The van der Waals surface area contributed by atoms with Gasteiger partial charge in [0.25, 0.3) is 11.6 Å². The molecule has 4 aromatic rings. The van der Waals surface area contributed by atoms with Gasteiger partial charge in [0, 0.05) is 23.9 Å². The molecule has 2 aromatic heterocycles. The molecule has 0 unspecified atom stereocenters. The molecule has 3 heterocycles. The molecule has 9 heteroatoms. The van der Waals surface area contributed by atoms with Crippen molar-refractivity contribution in [3.05, 3.63) is 99.9 Å². The Balaban J connectivity index is 1.63. The van der Waals surface area contributed by atoms with Crippen LogP contribution < -0.4 is 4.90 Å². The van der Waals surface area contributed by atoms with E-state index < -0.39 is 4.92 Å². The summed E-state index contributed by atoms with van der Waals surface area (Å²) < 4.78 is 0.855. The number of pyridine rings is 1. The highest BCUT2D eigenvalue weighted by molar-refractivity contribution is 7.22. The minimum Gasteiger partial charge on any atom is -0.266 e. The molecule has 0 aliphatic carbocycles. The van der Waals surface area contributed by atoms with Crippen molar-refractivity contribution in [3.8, 4) is 0 Å².